The van der Waals surface area contributed by atoms with Crippen molar-refractivity contribution in [2.24, 2.45) is 0 Å². The number of sulfonamides is 1. The van der Waals surface area contributed by atoms with E-state index in [1.807, 2.05) is 18.4 Å². The largest absolute Gasteiger partial charge is 0.316 e. The second-order valence-corrected chi connectivity index (χ2v) is 9.10. The van der Waals surface area contributed by atoms with Gasteiger partial charge < -0.3 is 9.97 Å². The Morgan fingerprint density at radius 2 is 1.88 bits per heavy atom. The Hall–Kier alpha value is -2.23. The van der Waals surface area contributed by atoms with E-state index in [4.69, 9.17) is 0 Å². The Morgan fingerprint density at radius 1 is 1.15 bits per heavy atom. The third-order valence-electron chi connectivity index (χ3n) is 4.73. The molecule has 1 aliphatic rings. The Labute approximate surface area is 153 Å². The second kappa shape index (κ2) is 6.19. The summed E-state index contributed by atoms with van der Waals surface area (Å²) in [5.74, 6) is 0. The lowest BCUT2D eigenvalue weighted by Crippen LogP contribution is -2.39. The first-order valence-electron chi connectivity index (χ1n) is 8.26. The summed E-state index contributed by atoms with van der Waals surface area (Å²) in [5, 5.41) is 2.00. The van der Waals surface area contributed by atoms with Gasteiger partial charge in [0.25, 0.3) is 0 Å². The van der Waals surface area contributed by atoms with Crippen LogP contribution in [-0.2, 0) is 16.4 Å². The fourth-order valence-corrected chi connectivity index (χ4v) is 6.11. The molecule has 0 saturated heterocycles. The van der Waals surface area contributed by atoms with Crippen LogP contribution in [0.15, 0.2) is 44.1 Å². The van der Waals surface area contributed by atoms with Crippen LogP contribution in [0.4, 0.5) is 0 Å². The average molecular weight is 391 g/mol. The summed E-state index contributed by atoms with van der Waals surface area (Å²) in [6.45, 7) is 2.40. The Balaban J connectivity index is 1.81. The van der Waals surface area contributed by atoms with E-state index < -0.39 is 21.1 Å². The normalized spacial score (nSPS) is 18.1. The van der Waals surface area contributed by atoms with Gasteiger partial charge in [-0.2, -0.15) is 4.31 Å². The van der Waals surface area contributed by atoms with Gasteiger partial charge in [0.1, 0.15) is 0 Å². The van der Waals surface area contributed by atoms with Crippen molar-refractivity contribution in [2.45, 2.75) is 30.7 Å². The van der Waals surface area contributed by atoms with Gasteiger partial charge in [0.05, 0.1) is 22.0 Å². The Bertz CT molecular complexity index is 1210. The van der Waals surface area contributed by atoms with Crippen LogP contribution in [0.2, 0.25) is 0 Å². The molecular formula is C17H17N3O4S2. The first kappa shape index (κ1) is 17.2. The van der Waals surface area contributed by atoms with Gasteiger partial charge >= 0.3 is 11.1 Å². The van der Waals surface area contributed by atoms with Crippen molar-refractivity contribution < 1.29 is 8.42 Å². The standard InChI is InChI=1S/C17H17N3O4S2/c1-2-14-11-6-8-25-15(11)5-7-20(14)26(23,24)10-3-4-12-13(9-10)19-17(22)16(21)18-12/h3-4,6,8-9,14H,2,5,7H2,1H3,(H,18,21)(H,19,22). The quantitative estimate of drug-likeness (QED) is 0.666. The summed E-state index contributed by atoms with van der Waals surface area (Å²) in [4.78, 5) is 29.2. The summed E-state index contributed by atoms with van der Waals surface area (Å²) in [6.07, 6.45) is 1.38. The number of rotatable bonds is 3. The van der Waals surface area contributed by atoms with Gasteiger partial charge in [-0.25, -0.2) is 8.42 Å². The molecule has 3 heterocycles. The van der Waals surface area contributed by atoms with Crippen LogP contribution in [0, 0.1) is 0 Å². The molecule has 1 atom stereocenters. The maximum atomic E-state index is 13.2. The molecule has 7 nitrogen and oxygen atoms in total. The topological polar surface area (TPSA) is 103 Å². The highest BCUT2D eigenvalue weighted by atomic mass is 32.2. The molecule has 0 amide bonds. The van der Waals surface area contributed by atoms with Gasteiger partial charge in [-0.05, 0) is 48.1 Å². The predicted molar refractivity (Wildman–Crippen MR) is 100 cm³/mol. The first-order valence-corrected chi connectivity index (χ1v) is 10.6. The first-order chi connectivity index (χ1) is 12.4. The molecular weight excluding hydrogens is 374 g/mol. The smallest absolute Gasteiger partial charge is 0.314 e. The molecule has 0 fully saturated rings. The highest BCUT2D eigenvalue weighted by Crippen LogP contribution is 2.38. The third kappa shape index (κ3) is 2.63. The molecule has 1 unspecified atom stereocenters. The lowest BCUT2D eigenvalue weighted by Gasteiger charge is -2.34. The van der Waals surface area contributed by atoms with Crippen molar-refractivity contribution in [1.29, 1.82) is 0 Å². The molecule has 0 saturated carbocycles. The molecule has 0 aliphatic carbocycles. The molecule has 136 valence electrons. The van der Waals surface area contributed by atoms with Crippen LogP contribution < -0.4 is 11.1 Å². The van der Waals surface area contributed by atoms with Crippen LogP contribution >= 0.6 is 11.3 Å². The van der Waals surface area contributed by atoms with Gasteiger partial charge in [-0.15, -0.1) is 11.3 Å². The Kier molecular flexibility index (Phi) is 4.09. The van der Waals surface area contributed by atoms with Crippen LogP contribution in [0.25, 0.3) is 11.0 Å². The van der Waals surface area contributed by atoms with Gasteiger partial charge in [0.2, 0.25) is 10.0 Å². The van der Waals surface area contributed by atoms with E-state index in [2.05, 4.69) is 9.97 Å². The summed E-state index contributed by atoms with van der Waals surface area (Å²) in [5.41, 5.74) is 0.182. The van der Waals surface area contributed by atoms with E-state index in [0.29, 0.717) is 24.9 Å². The molecule has 0 radical (unpaired) electrons. The number of nitrogens with zero attached hydrogens (tertiary/aromatic N) is 1. The summed E-state index contributed by atoms with van der Waals surface area (Å²) in [7, 11) is -3.73. The fourth-order valence-electron chi connectivity index (χ4n) is 3.47. The van der Waals surface area contributed by atoms with Crippen molar-refractivity contribution in [3.63, 3.8) is 0 Å². The van der Waals surface area contributed by atoms with E-state index in [1.54, 1.807) is 11.3 Å². The average Bonchev–Trinajstić information content (AvgIpc) is 3.10. The number of aromatic nitrogens is 2. The molecule has 2 N–H and O–H groups in total. The number of hydrogen-bond acceptors (Lipinski definition) is 5. The highest BCUT2D eigenvalue weighted by molar-refractivity contribution is 7.89. The van der Waals surface area contributed by atoms with Crippen LogP contribution in [0.5, 0.6) is 0 Å². The second-order valence-electron chi connectivity index (χ2n) is 6.20. The van der Waals surface area contributed by atoms with Crippen molar-refractivity contribution in [3.05, 3.63) is 60.8 Å². The lowest BCUT2D eigenvalue weighted by molar-refractivity contribution is 0.303. The number of fused-ring (bicyclic) bond motifs is 2. The zero-order valence-electron chi connectivity index (χ0n) is 14.0. The maximum absolute atomic E-state index is 13.2. The van der Waals surface area contributed by atoms with Crippen molar-refractivity contribution in [3.8, 4) is 0 Å². The van der Waals surface area contributed by atoms with E-state index in [0.717, 1.165) is 5.56 Å². The summed E-state index contributed by atoms with van der Waals surface area (Å²) >= 11 is 1.66. The van der Waals surface area contributed by atoms with Crippen molar-refractivity contribution in [1.82, 2.24) is 14.3 Å². The fraction of sp³-hybridized carbons (Fsp3) is 0.294. The monoisotopic (exact) mass is 391 g/mol. The minimum Gasteiger partial charge on any atom is -0.316 e. The van der Waals surface area contributed by atoms with Gasteiger partial charge in [-0.1, -0.05) is 6.92 Å². The zero-order chi connectivity index (χ0) is 18.5. The van der Waals surface area contributed by atoms with E-state index in [9.17, 15) is 18.0 Å². The third-order valence-corrected chi connectivity index (χ3v) is 7.63. The summed E-state index contributed by atoms with van der Waals surface area (Å²) in [6, 6.07) is 6.17. The van der Waals surface area contributed by atoms with Gasteiger partial charge in [0, 0.05) is 11.4 Å². The summed E-state index contributed by atoms with van der Waals surface area (Å²) < 4.78 is 28.0. The molecule has 0 spiro atoms. The van der Waals surface area contributed by atoms with Gasteiger partial charge in [-0.3, -0.25) is 9.59 Å². The van der Waals surface area contributed by atoms with E-state index >= 15 is 0 Å². The maximum Gasteiger partial charge on any atom is 0.314 e. The number of nitrogens with one attached hydrogen (secondary N) is 2. The molecule has 1 aromatic carbocycles. The van der Waals surface area contributed by atoms with Crippen LogP contribution in [0.1, 0.15) is 29.8 Å². The minimum atomic E-state index is -3.73. The van der Waals surface area contributed by atoms with E-state index in [1.165, 1.54) is 27.4 Å². The van der Waals surface area contributed by atoms with Crippen molar-refractivity contribution in [2.75, 3.05) is 6.54 Å². The molecule has 2 aromatic heterocycles. The molecule has 0 bridgehead atoms. The molecule has 26 heavy (non-hydrogen) atoms. The number of H-pyrrole nitrogens is 2. The molecule has 9 heteroatoms. The van der Waals surface area contributed by atoms with Gasteiger partial charge in [0.15, 0.2) is 0 Å². The van der Waals surface area contributed by atoms with Crippen LogP contribution in [-0.4, -0.2) is 29.2 Å². The number of hydrogen-bond donors (Lipinski definition) is 2. The number of benzene rings is 1. The lowest BCUT2D eigenvalue weighted by atomic mass is 10.0. The van der Waals surface area contributed by atoms with E-state index in [-0.39, 0.29) is 16.5 Å². The highest BCUT2D eigenvalue weighted by Gasteiger charge is 2.36. The molecule has 1 aliphatic heterocycles. The number of aromatic amines is 2. The zero-order valence-corrected chi connectivity index (χ0v) is 15.6. The molecule has 4 rings (SSSR count). The number of thiophene rings is 1. The Morgan fingerprint density at radius 3 is 2.62 bits per heavy atom. The predicted octanol–water partition coefficient (Wildman–Crippen LogP) is 1.98. The van der Waals surface area contributed by atoms with Crippen LogP contribution in [0.3, 0.4) is 0 Å². The SMILES string of the molecule is CCC1c2ccsc2CCN1S(=O)(=O)c1ccc2[nH]c(=O)c(=O)[nH]c2c1. The minimum absolute atomic E-state index is 0.102. The van der Waals surface area contributed by atoms with Crippen molar-refractivity contribution >= 4 is 32.4 Å². The molecule has 3 aromatic rings.